The molecule has 30 heavy (non-hydrogen) atoms. The van der Waals surface area contributed by atoms with E-state index < -0.39 is 11.6 Å². The largest absolute Gasteiger partial charge is 0.467 e. The fourth-order valence-electron chi connectivity index (χ4n) is 2.97. The van der Waals surface area contributed by atoms with Crippen molar-refractivity contribution in [2.24, 2.45) is 0 Å². The highest BCUT2D eigenvalue weighted by Gasteiger charge is 2.29. The summed E-state index contributed by atoms with van der Waals surface area (Å²) in [5.74, 6) is 2.17. The Morgan fingerprint density at radius 3 is 2.20 bits per heavy atom. The Kier molecular flexibility index (Phi) is 8.19. The van der Waals surface area contributed by atoms with E-state index in [1.54, 1.807) is 19.2 Å². The third kappa shape index (κ3) is 5.89. The lowest BCUT2D eigenvalue weighted by Gasteiger charge is -2.33. The highest BCUT2D eigenvalue weighted by Crippen LogP contribution is 2.42. The van der Waals surface area contributed by atoms with Crippen LogP contribution in [0.5, 0.6) is 17.2 Å². The zero-order valence-electron chi connectivity index (χ0n) is 18.0. The number of halogens is 2. The smallest absolute Gasteiger partial charge is 0.412 e. The zero-order chi connectivity index (χ0) is 22.6. The van der Waals surface area contributed by atoms with Crippen molar-refractivity contribution in [3.05, 3.63) is 44.8 Å². The molecule has 0 aliphatic rings. The van der Waals surface area contributed by atoms with Gasteiger partial charge in [0.25, 0.3) is 0 Å². The number of hydrogen-bond acceptors (Lipinski definition) is 4. The van der Waals surface area contributed by atoms with Crippen LogP contribution in [0.25, 0.3) is 0 Å². The number of amides is 1. The molecule has 1 amide bonds. The first-order valence-electron chi connectivity index (χ1n) is 9.41. The van der Waals surface area contributed by atoms with Gasteiger partial charge in [0.2, 0.25) is 0 Å². The SMILES string of the molecule is COCOc1ccc(Oc2c(Br)cc(N(C(=O)O)C(C)(C)C)cc2Br)cc1C(C)C. The molecule has 0 atom stereocenters. The van der Waals surface area contributed by atoms with Crippen LogP contribution >= 0.6 is 31.9 Å². The molecule has 0 saturated carbocycles. The maximum atomic E-state index is 11.8. The maximum Gasteiger partial charge on any atom is 0.412 e. The fraction of sp³-hybridized carbons (Fsp3) is 0.409. The van der Waals surface area contributed by atoms with E-state index in [-0.39, 0.29) is 12.7 Å². The minimum absolute atomic E-state index is 0.173. The summed E-state index contributed by atoms with van der Waals surface area (Å²) in [6, 6.07) is 9.08. The normalized spacial score (nSPS) is 11.5. The molecule has 0 spiro atoms. The van der Waals surface area contributed by atoms with Crippen LogP contribution in [-0.2, 0) is 4.74 Å². The first-order chi connectivity index (χ1) is 14.0. The van der Waals surface area contributed by atoms with Crippen LogP contribution < -0.4 is 14.4 Å². The lowest BCUT2D eigenvalue weighted by Crippen LogP contribution is -2.45. The molecule has 0 fully saturated rings. The summed E-state index contributed by atoms with van der Waals surface area (Å²) < 4.78 is 18.0. The molecule has 0 radical (unpaired) electrons. The minimum Gasteiger partial charge on any atom is -0.467 e. The van der Waals surface area contributed by atoms with Crippen LogP contribution in [0.15, 0.2) is 39.3 Å². The number of anilines is 1. The number of ether oxygens (including phenoxy) is 3. The number of hydrogen-bond donors (Lipinski definition) is 1. The monoisotopic (exact) mass is 543 g/mol. The van der Waals surface area contributed by atoms with Crippen molar-refractivity contribution in [2.75, 3.05) is 18.8 Å². The lowest BCUT2D eigenvalue weighted by atomic mass is 10.0. The molecule has 0 bridgehead atoms. The molecule has 0 aliphatic carbocycles. The van der Waals surface area contributed by atoms with Gasteiger partial charge in [-0.25, -0.2) is 4.79 Å². The Balaban J connectivity index is 2.40. The molecular weight excluding hydrogens is 518 g/mol. The van der Waals surface area contributed by atoms with Gasteiger partial charge in [0.1, 0.15) is 11.5 Å². The second-order valence-corrected chi connectivity index (χ2v) is 9.74. The van der Waals surface area contributed by atoms with Crippen molar-refractivity contribution in [2.45, 2.75) is 46.1 Å². The fourth-order valence-corrected chi connectivity index (χ4v) is 4.29. The molecule has 1 N–H and O–H groups in total. The summed E-state index contributed by atoms with van der Waals surface area (Å²) in [5, 5.41) is 9.66. The van der Waals surface area contributed by atoms with Crippen molar-refractivity contribution in [1.82, 2.24) is 0 Å². The molecule has 164 valence electrons. The van der Waals surface area contributed by atoms with Gasteiger partial charge in [-0.2, -0.15) is 0 Å². The molecule has 0 heterocycles. The average molecular weight is 545 g/mol. The van der Waals surface area contributed by atoms with E-state index in [4.69, 9.17) is 14.2 Å². The lowest BCUT2D eigenvalue weighted by molar-refractivity contribution is 0.0502. The summed E-state index contributed by atoms with van der Waals surface area (Å²) in [6.45, 7) is 9.85. The van der Waals surface area contributed by atoms with Gasteiger partial charge in [0.15, 0.2) is 12.5 Å². The minimum atomic E-state index is -1.02. The van der Waals surface area contributed by atoms with E-state index in [1.165, 1.54) is 4.90 Å². The van der Waals surface area contributed by atoms with Gasteiger partial charge >= 0.3 is 6.09 Å². The first-order valence-corrected chi connectivity index (χ1v) is 11.0. The third-order valence-corrected chi connectivity index (χ3v) is 5.44. The Bertz CT molecular complexity index is 886. The molecule has 0 saturated heterocycles. The number of carbonyl (C=O) groups is 1. The second-order valence-electron chi connectivity index (χ2n) is 8.03. The van der Waals surface area contributed by atoms with Gasteiger partial charge in [-0.3, -0.25) is 4.90 Å². The van der Waals surface area contributed by atoms with E-state index >= 15 is 0 Å². The average Bonchev–Trinajstić information content (AvgIpc) is 2.61. The molecule has 8 heteroatoms. The van der Waals surface area contributed by atoms with Crippen LogP contribution in [-0.4, -0.2) is 30.6 Å². The molecule has 0 aliphatic heterocycles. The van der Waals surface area contributed by atoms with Gasteiger partial charge in [0, 0.05) is 18.2 Å². The highest BCUT2D eigenvalue weighted by atomic mass is 79.9. The summed E-state index contributed by atoms with van der Waals surface area (Å²) in [7, 11) is 1.58. The van der Waals surface area contributed by atoms with Gasteiger partial charge in [-0.05, 0) is 88.9 Å². The van der Waals surface area contributed by atoms with Gasteiger partial charge in [-0.1, -0.05) is 13.8 Å². The van der Waals surface area contributed by atoms with Gasteiger partial charge < -0.3 is 19.3 Å². The molecule has 2 aromatic carbocycles. The summed E-state index contributed by atoms with van der Waals surface area (Å²) in [4.78, 5) is 13.1. The number of benzene rings is 2. The predicted molar refractivity (Wildman–Crippen MR) is 125 cm³/mol. The van der Waals surface area contributed by atoms with Crippen molar-refractivity contribution in [3.8, 4) is 17.2 Å². The molecule has 6 nitrogen and oxygen atoms in total. The highest BCUT2D eigenvalue weighted by molar-refractivity contribution is 9.11. The van der Waals surface area contributed by atoms with E-state index in [9.17, 15) is 9.90 Å². The van der Waals surface area contributed by atoms with E-state index in [0.717, 1.165) is 11.3 Å². The molecule has 2 aromatic rings. The number of rotatable bonds is 7. The first kappa shape index (κ1) is 24.5. The molecular formula is C22H27Br2NO5. The Morgan fingerprint density at radius 2 is 1.73 bits per heavy atom. The number of methoxy groups -OCH3 is 1. The van der Waals surface area contributed by atoms with Crippen molar-refractivity contribution in [1.29, 1.82) is 0 Å². The molecule has 2 rings (SSSR count). The van der Waals surface area contributed by atoms with E-state index in [1.807, 2.05) is 39.0 Å². The number of carboxylic acid groups (broad SMARTS) is 1. The standard InChI is InChI=1S/C22H27Br2NO5/c1-13(2)16-11-15(7-8-19(16)29-12-28-6)30-20-17(23)9-14(10-18(20)24)25(21(26)27)22(3,4)5/h7-11,13H,12H2,1-6H3,(H,26,27). The Morgan fingerprint density at radius 1 is 1.13 bits per heavy atom. The van der Waals surface area contributed by atoms with E-state index in [0.29, 0.717) is 26.1 Å². The second kappa shape index (κ2) is 10.0. The maximum absolute atomic E-state index is 11.8. The van der Waals surface area contributed by atoms with Gasteiger partial charge in [0.05, 0.1) is 14.6 Å². The van der Waals surface area contributed by atoms with Crippen LogP contribution in [0.1, 0.15) is 46.1 Å². The summed E-state index contributed by atoms with van der Waals surface area (Å²) in [6.07, 6.45) is -1.02. The topological polar surface area (TPSA) is 68.2 Å². The number of nitrogens with zero attached hydrogens (tertiary/aromatic N) is 1. The molecule has 0 unspecified atom stereocenters. The summed E-state index contributed by atoms with van der Waals surface area (Å²) in [5.41, 5.74) is 0.933. The molecule has 0 aromatic heterocycles. The third-order valence-electron chi connectivity index (χ3n) is 4.26. The van der Waals surface area contributed by atoms with Crippen LogP contribution in [0, 0.1) is 0 Å². The van der Waals surface area contributed by atoms with Crippen LogP contribution in [0.3, 0.4) is 0 Å². The van der Waals surface area contributed by atoms with Crippen molar-refractivity contribution >= 4 is 43.6 Å². The zero-order valence-corrected chi connectivity index (χ0v) is 21.1. The van der Waals surface area contributed by atoms with Crippen molar-refractivity contribution < 1.29 is 24.1 Å². The van der Waals surface area contributed by atoms with E-state index in [2.05, 4.69) is 45.7 Å². The van der Waals surface area contributed by atoms with Crippen LogP contribution in [0.4, 0.5) is 10.5 Å². The summed E-state index contributed by atoms with van der Waals surface area (Å²) >= 11 is 7.04. The van der Waals surface area contributed by atoms with Crippen molar-refractivity contribution in [3.63, 3.8) is 0 Å². The van der Waals surface area contributed by atoms with Gasteiger partial charge in [-0.15, -0.1) is 0 Å². The Hall–Kier alpha value is -1.77. The Labute approximate surface area is 194 Å². The predicted octanol–water partition coefficient (Wildman–Crippen LogP) is 7.39. The quantitative estimate of drug-likeness (QED) is 0.368. The van der Waals surface area contributed by atoms with Crippen LogP contribution in [0.2, 0.25) is 0 Å².